The molecule has 0 bridgehead atoms. The highest BCUT2D eigenvalue weighted by atomic mass is 32.2. The molecule has 130 valence electrons. The van der Waals surface area contributed by atoms with E-state index >= 15 is 0 Å². The fourth-order valence-corrected chi connectivity index (χ4v) is 3.86. The van der Waals surface area contributed by atoms with Gasteiger partial charge in [-0.05, 0) is 33.1 Å². The van der Waals surface area contributed by atoms with Crippen LogP contribution in [-0.4, -0.2) is 4.21 Å². The SMILES string of the molecule is CC(C)(C)c1ccc(CS(=O)Cc2ccc(C(C)(C)C)cc2)cc1. The molecule has 0 saturated heterocycles. The second-order valence-corrected chi connectivity index (χ2v) is 10.1. The van der Waals surface area contributed by atoms with E-state index in [9.17, 15) is 4.21 Å². The lowest BCUT2D eigenvalue weighted by Crippen LogP contribution is -2.11. The zero-order valence-electron chi connectivity index (χ0n) is 15.8. The Hall–Kier alpha value is -1.41. The number of hydrogen-bond donors (Lipinski definition) is 0. The first-order valence-electron chi connectivity index (χ1n) is 8.59. The van der Waals surface area contributed by atoms with Crippen molar-refractivity contribution < 1.29 is 4.21 Å². The van der Waals surface area contributed by atoms with E-state index in [0.717, 1.165) is 11.1 Å². The predicted molar refractivity (Wildman–Crippen MR) is 106 cm³/mol. The van der Waals surface area contributed by atoms with Crippen LogP contribution in [0.25, 0.3) is 0 Å². The maximum atomic E-state index is 12.5. The van der Waals surface area contributed by atoms with Crippen LogP contribution in [0.5, 0.6) is 0 Å². The van der Waals surface area contributed by atoms with E-state index < -0.39 is 10.8 Å². The third-order valence-electron chi connectivity index (χ3n) is 4.30. The third-order valence-corrected chi connectivity index (χ3v) is 5.61. The fraction of sp³-hybridized carbons (Fsp3) is 0.455. The summed E-state index contributed by atoms with van der Waals surface area (Å²) in [5.74, 6) is 1.23. The first-order valence-corrected chi connectivity index (χ1v) is 10.1. The molecule has 0 unspecified atom stereocenters. The minimum absolute atomic E-state index is 0.159. The van der Waals surface area contributed by atoms with Crippen LogP contribution in [0, 0.1) is 0 Å². The van der Waals surface area contributed by atoms with Gasteiger partial charge in [0, 0.05) is 22.3 Å². The van der Waals surface area contributed by atoms with Gasteiger partial charge in [-0.25, -0.2) is 0 Å². The molecule has 0 fully saturated rings. The zero-order chi connectivity index (χ0) is 18.0. The first kappa shape index (κ1) is 18.9. The fourth-order valence-electron chi connectivity index (χ4n) is 2.62. The van der Waals surface area contributed by atoms with E-state index in [2.05, 4.69) is 90.1 Å². The normalized spacial score (nSPS) is 12.6. The van der Waals surface area contributed by atoms with Crippen molar-refractivity contribution in [3.63, 3.8) is 0 Å². The Morgan fingerprint density at radius 1 is 0.625 bits per heavy atom. The molecule has 0 aromatic heterocycles. The lowest BCUT2D eigenvalue weighted by Gasteiger charge is -2.19. The average Bonchev–Trinajstić information content (AvgIpc) is 2.46. The molecule has 0 aliphatic heterocycles. The molecule has 2 heteroatoms. The molecule has 24 heavy (non-hydrogen) atoms. The molecule has 2 aromatic carbocycles. The summed E-state index contributed by atoms with van der Waals surface area (Å²) in [5.41, 5.74) is 5.24. The van der Waals surface area contributed by atoms with Gasteiger partial charge >= 0.3 is 0 Å². The molecular weight excluding hydrogens is 312 g/mol. The van der Waals surface area contributed by atoms with E-state index in [1.807, 2.05) is 0 Å². The molecule has 0 atom stereocenters. The summed E-state index contributed by atoms with van der Waals surface area (Å²) in [4.78, 5) is 0. The Bertz CT molecular complexity index is 621. The van der Waals surface area contributed by atoms with Crippen molar-refractivity contribution in [2.45, 2.75) is 63.9 Å². The van der Waals surface area contributed by atoms with Crippen LogP contribution in [0.4, 0.5) is 0 Å². The number of hydrogen-bond acceptors (Lipinski definition) is 1. The van der Waals surface area contributed by atoms with Crippen molar-refractivity contribution in [1.29, 1.82) is 0 Å². The lowest BCUT2D eigenvalue weighted by molar-refractivity contribution is 0.590. The van der Waals surface area contributed by atoms with Gasteiger partial charge in [0.1, 0.15) is 0 Å². The van der Waals surface area contributed by atoms with E-state index in [4.69, 9.17) is 0 Å². The molecule has 2 rings (SSSR count). The maximum absolute atomic E-state index is 12.5. The van der Waals surface area contributed by atoms with Crippen molar-refractivity contribution in [3.05, 3.63) is 70.8 Å². The van der Waals surface area contributed by atoms with Crippen LogP contribution in [0.2, 0.25) is 0 Å². The molecule has 0 heterocycles. The van der Waals surface area contributed by atoms with Gasteiger partial charge in [-0.15, -0.1) is 0 Å². The third kappa shape index (κ3) is 5.31. The molecule has 0 spiro atoms. The first-order chi connectivity index (χ1) is 11.1. The Morgan fingerprint density at radius 2 is 0.917 bits per heavy atom. The van der Waals surface area contributed by atoms with Crippen LogP contribution in [0.15, 0.2) is 48.5 Å². The van der Waals surface area contributed by atoms with Crippen molar-refractivity contribution in [1.82, 2.24) is 0 Å². The molecule has 0 aliphatic carbocycles. The highest BCUT2D eigenvalue weighted by Gasteiger charge is 2.14. The van der Waals surface area contributed by atoms with Gasteiger partial charge in [-0.2, -0.15) is 0 Å². The van der Waals surface area contributed by atoms with Crippen LogP contribution in [0.1, 0.15) is 63.8 Å². The van der Waals surface area contributed by atoms with Gasteiger partial charge in [0.15, 0.2) is 0 Å². The van der Waals surface area contributed by atoms with Gasteiger partial charge in [-0.3, -0.25) is 4.21 Å². The van der Waals surface area contributed by atoms with Gasteiger partial charge in [0.2, 0.25) is 0 Å². The maximum Gasteiger partial charge on any atom is 0.0489 e. The van der Waals surface area contributed by atoms with Crippen LogP contribution < -0.4 is 0 Å². The number of rotatable bonds is 4. The van der Waals surface area contributed by atoms with Crippen LogP contribution in [0.3, 0.4) is 0 Å². The van der Waals surface area contributed by atoms with E-state index in [0.29, 0.717) is 11.5 Å². The second-order valence-electron chi connectivity index (χ2n) is 8.62. The quantitative estimate of drug-likeness (QED) is 0.693. The lowest BCUT2D eigenvalue weighted by atomic mass is 9.87. The van der Waals surface area contributed by atoms with Crippen molar-refractivity contribution in [2.75, 3.05) is 0 Å². The Morgan fingerprint density at radius 3 is 1.17 bits per heavy atom. The smallest absolute Gasteiger partial charge is 0.0489 e. The van der Waals surface area contributed by atoms with E-state index in [-0.39, 0.29) is 10.8 Å². The second kappa shape index (κ2) is 7.23. The summed E-state index contributed by atoms with van der Waals surface area (Å²) in [6.45, 7) is 13.3. The monoisotopic (exact) mass is 342 g/mol. The minimum Gasteiger partial charge on any atom is -0.259 e. The van der Waals surface area contributed by atoms with Crippen LogP contribution >= 0.6 is 0 Å². The predicted octanol–water partition coefficient (Wildman–Crippen LogP) is 5.73. The average molecular weight is 343 g/mol. The molecule has 2 aromatic rings. The topological polar surface area (TPSA) is 17.1 Å². The summed E-state index contributed by atoms with van der Waals surface area (Å²) >= 11 is 0. The molecular formula is C22H30OS. The highest BCUT2D eigenvalue weighted by Crippen LogP contribution is 2.24. The molecule has 0 aliphatic rings. The van der Waals surface area contributed by atoms with Gasteiger partial charge in [-0.1, -0.05) is 90.1 Å². The summed E-state index contributed by atoms with van der Waals surface area (Å²) in [6, 6.07) is 17.1. The van der Waals surface area contributed by atoms with Gasteiger partial charge < -0.3 is 0 Å². The van der Waals surface area contributed by atoms with Crippen molar-refractivity contribution in [3.8, 4) is 0 Å². The molecule has 0 saturated carbocycles. The van der Waals surface area contributed by atoms with Crippen molar-refractivity contribution in [2.24, 2.45) is 0 Å². The van der Waals surface area contributed by atoms with E-state index in [1.54, 1.807) is 0 Å². The summed E-state index contributed by atoms with van der Waals surface area (Å²) in [5, 5.41) is 0. The molecule has 1 nitrogen and oxygen atoms in total. The summed E-state index contributed by atoms with van der Waals surface area (Å²) in [6.07, 6.45) is 0. The molecule has 0 amide bonds. The van der Waals surface area contributed by atoms with Gasteiger partial charge in [0.25, 0.3) is 0 Å². The van der Waals surface area contributed by atoms with Gasteiger partial charge in [0.05, 0.1) is 0 Å². The van der Waals surface area contributed by atoms with Crippen molar-refractivity contribution >= 4 is 10.8 Å². The molecule has 0 radical (unpaired) electrons. The Labute approximate surface area is 150 Å². The summed E-state index contributed by atoms with van der Waals surface area (Å²) in [7, 11) is -0.878. The zero-order valence-corrected chi connectivity index (χ0v) is 16.7. The summed E-state index contributed by atoms with van der Waals surface area (Å²) < 4.78 is 12.5. The Kier molecular flexibility index (Phi) is 5.70. The largest absolute Gasteiger partial charge is 0.259 e. The highest BCUT2D eigenvalue weighted by molar-refractivity contribution is 7.83. The number of benzene rings is 2. The molecule has 0 N–H and O–H groups in total. The Balaban J connectivity index is 1.98. The minimum atomic E-state index is -0.878. The van der Waals surface area contributed by atoms with E-state index in [1.165, 1.54) is 11.1 Å². The standard InChI is InChI=1S/C22H30OS/c1-21(2,3)19-11-7-17(8-12-19)15-24(23)16-18-9-13-20(14-10-18)22(4,5)6/h7-14H,15-16H2,1-6H3. The van der Waals surface area contributed by atoms with Crippen LogP contribution in [-0.2, 0) is 33.1 Å².